The van der Waals surface area contributed by atoms with Crippen LogP contribution >= 0.6 is 15.9 Å². The Morgan fingerprint density at radius 2 is 1.83 bits per heavy atom. The Hall–Kier alpha value is -3.46. The number of hydrogen-bond donors (Lipinski definition) is 2. The number of nitrogens with one attached hydrogen (secondary N) is 2. The highest BCUT2D eigenvalue weighted by Crippen LogP contribution is 2.20. The number of ether oxygens (including phenoxy) is 1. The summed E-state index contributed by atoms with van der Waals surface area (Å²) in [5.74, 6) is -1.50. The third kappa shape index (κ3) is 6.01. The van der Waals surface area contributed by atoms with Crippen LogP contribution in [0.25, 0.3) is 17.2 Å². The number of rotatable bonds is 7. The molecule has 2 aromatic carbocycles. The van der Waals surface area contributed by atoms with E-state index >= 15 is 0 Å². The Morgan fingerprint density at radius 3 is 2.62 bits per heavy atom. The Balaban J connectivity index is 1.40. The van der Waals surface area contributed by atoms with Crippen LogP contribution in [0.4, 0.5) is 5.69 Å². The molecule has 8 nitrogen and oxygen atoms in total. The van der Waals surface area contributed by atoms with Gasteiger partial charge in [0, 0.05) is 16.6 Å². The average Bonchev–Trinajstić information content (AvgIpc) is 3.14. The van der Waals surface area contributed by atoms with E-state index in [1.54, 1.807) is 30.3 Å². The van der Waals surface area contributed by atoms with Gasteiger partial charge in [0.15, 0.2) is 12.2 Å². The van der Waals surface area contributed by atoms with Crippen LogP contribution in [0.15, 0.2) is 63.5 Å². The zero-order valence-electron chi connectivity index (χ0n) is 15.1. The number of carbonyl (C=O) groups is 3. The van der Waals surface area contributed by atoms with Crippen LogP contribution in [0.3, 0.4) is 0 Å². The first-order valence-electron chi connectivity index (χ1n) is 8.53. The zero-order valence-corrected chi connectivity index (χ0v) is 16.6. The summed E-state index contributed by atoms with van der Waals surface area (Å²) in [5, 5.41) is 5.01. The molecule has 0 saturated carbocycles. The van der Waals surface area contributed by atoms with Crippen LogP contribution in [0.1, 0.15) is 5.89 Å². The number of anilines is 1. The van der Waals surface area contributed by atoms with E-state index in [0.29, 0.717) is 16.8 Å². The number of halogens is 1. The number of benzene rings is 2. The average molecular weight is 458 g/mol. The number of nitrogens with zero attached hydrogens (tertiary/aromatic N) is 1. The van der Waals surface area contributed by atoms with Gasteiger partial charge in [-0.25, -0.2) is 9.78 Å². The standard InChI is InChI=1S/C20H16BrN3O5/c21-13-5-1-2-6-14(13)23-17(25)11-22-18(26)12-28-20(27)10-9-19-24-15-7-3-4-8-16(15)29-19/h1-10H,11-12H2,(H,22,26)(H,23,25)/b10-9+. The Morgan fingerprint density at radius 1 is 1.07 bits per heavy atom. The van der Waals surface area contributed by atoms with Crippen molar-refractivity contribution in [2.45, 2.75) is 0 Å². The maximum Gasteiger partial charge on any atom is 0.331 e. The molecule has 29 heavy (non-hydrogen) atoms. The van der Waals surface area contributed by atoms with Gasteiger partial charge in [-0.1, -0.05) is 24.3 Å². The molecule has 0 radical (unpaired) electrons. The van der Waals surface area contributed by atoms with Crippen molar-refractivity contribution in [1.82, 2.24) is 10.3 Å². The van der Waals surface area contributed by atoms with Gasteiger partial charge in [-0.2, -0.15) is 0 Å². The smallest absolute Gasteiger partial charge is 0.331 e. The van der Waals surface area contributed by atoms with E-state index in [1.165, 1.54) is 6.08 Å². The molecular formula is C20H16BrN3O5. The van der Waals surface area contributed by atoms with E-state index in [-0.39, 0.29) is 12.4 Å². The van der Waals surface area contributed by atoms with Gasteiger partial charge < -0.3 is 19.8 Å². The summed E-state index contributed by atoms with van der Waals surface area (Å²) in [6, 6.07) is 14.3. The van der Waals surface area contributed by atoms with Gasteiger partial charge in [0.2, 0.25) is 11.8 Å². The minimum Gasteiger partial charge on any atom is -0.452 e. The van der Waals surface area contributed by atoms with Gasteiger partial charge in [-0.05, 0) is 40.2 Å². The highest BCUT2D eigenvalue weighted by molar-refractivity contribution is 9.10. The lowest BCUT2D eigenvalue weighted by Gasteiger charge is -2.08. The molecule has 0 aliphatic rings. The number of amides is 2. The summed E-state index contributed by atoms with van der Waals surface area (Å²) < 4.78 is 11.0. The maximum absolute atomic E-state index is 11.9. The summed E-state index contributed by atoms with van der Waals surface area (Å²) in [7, 11) is 0. The van der Waals surface area contributed by atoms with Crippen molar-refractivity contribution in [3.8, 4) is 0 Å². The van der Waals surface area contributed by atoms with Gasteiger partial charge in [0.1, 0.15) is 5.52 Å². The molecule has 0 bridgehead atoms. The summed E-state index contributed by atoms with van der Waals surface area (Å²) in [4.78, 5) is 39.5. The van der Waals surface area contributed by atoms with E-state index in [9.17, 15) is 14.4 Å². The van der Waals surface area contributed by atoms with Crippen molar-refractivity contribution in [2.24, 2.45) is 0 Å². The molecule has 0 saturated heterocycles. The molecule has 1 heterocycles. The molecule has 0 aliphatic carbocycles. The first-order chi connectivity index (χ1) is 14.0. The third-order valence-electron chi connectivity index (χ3n) is 3.61. The highest BCUT2D eigenvalue weighted by Gasteiger charge is 2.09. The fraction of sp³-hybridized carbons (Fsp3) is 0.100. The van der Waals surface area contributed by atoms with Crippen LogP contribution in [-0.4, -0.2) is 35.9 Å². The van der Waals surface area contributed by atoms with Crippen molar-refractivity contribution in [1.29, 1.82) is 0 Å². The molecule has 0 atom stereocenters. The molecule has 3 rings (SSSR count). The molecule has 0 spiro atoms. The van der Waals surface area contributed by atoms with Gasteiger partial charge >= 0.3 is 5.97 Å². The molecule has 0 unspecified atom stereocenters. The molecule has 1 aromatic heterocycles. The Kier molecular flexibility index (Phi) is 6.75. The van der Waals surface area contributed by atoms with Crippen LogP contribution in [0.5, 0.6) is 0 Å². The zero-order chi connectivity index (χ0) is 20.6. The van der Waals surface area contributed by atoms with Crippen molar-refractivity contribution in [3.05, 3.63) is 65.0 Å². The number of oxazole rings is 1. The molecule has 2 amide bonds. The number of aromatic nitrogens is 1. The Bertz CT molecular complexity index is 1040. The molecule has 9 heteroatoms. The quantitative estimate of drug-likeness (QED) is 0.416. The fourth-order valence-corrected chi connectivity index (χ4v) is 2.66. The summed E-state index contributed by atoms with van der Waals surface area (Å²) >= 11 is 3.31. The van der Waals surface area contributed by atoms with Gasteiger partial charge in [0.05, 0.1) is 12.2 Å². The summed E-state index contributed by atoms with van der Waals surface area (Å²) in [6.07, 6.45) is 2.46. The van der Waals surface area contributed by atoms with E-state index in [4.69, 9.17) is 9.15 Å². The van der Waals surface area contributed by atoms with Crippen LogP contribution in [0.2, 0.25) is 0 Å². The third-order valence-corrected chi connectivity index (χ3v) is 4.30. The number of carbonyl (C=O) groups excluding carboxylic acids is 3. The fourth-order valence-electron chi connectivity index (χ4n) is 2.27. The van der Waals surface area contributed by atoms with E-state index in [1.807, 2.05) is 18.2 Å². The van der Waals surface area contributed by atoms with Crippen molar-refractivity contribution >= 4 is 56.6 Å². The number of hydrogen-bond acceptors (Lipinski definition) is 6. The van der Waals surface area contributed by atoms with Gasteiger partial charge in [0.25, 0.3) is 5.91 Å². The second-order valence-electron chi connectivity index (χ2n) is 5.77. The second kappa shape index (κ2) is 9.65. The minimum atomic E-state index is -0.736. The second-order valence-corrected chi connectivity index (χ2v) is 6.62. The van der Waals surface area contributed by atoms with E-state index in [2.05, 4.69) is 31.5 Å². The molecule has 2 N–H and O–H groups in total. The molecule has 3 aromatic rings. The summed E-state index contributed by atoms with van der Waals surface area (Å²) in [5.41, 5.74) is 1.85. The molecular weight excluding hydrogens is 442 g/mol. The molecule has 0 fully saturated rings. The molecule has 148 valence electrons. The predicted octanol–water partition coefficient (Wildman–Crippen LogP) is 2.90. The highest BCUT2D eigenvalue weighted by atomic mass is 79.9. The predicted molar refractivity (Wildman–Crippen MR) is 110 cm³/mol. The van der Waals surface area contributed by atoms with E-state index in [0.717, 1.165) is 10.5 Å². The van der Waals surface area contributed by atoms with Crippen molar-refractivity contribution in [2.75, 3.05) is 18.5 Å². The monoisotopic (exact) mass is 457 g/mol. The lowest BCUT2D eigenvalue weighted by Crippen LogP contribution is -2.35. The normalized spacial score (nSPS) is 10.8. The lowest BCUT2D eigenvalue weighted by atomic mass is 10.3. The van der Waals surface area contributed by atoms with E-state index < -0.39 is 24.4 Å². The van der Waals surface area contributed by atoms with Gasteiger partial charge in [-0.15, -0.1) is 0 Å². The molecule has 0 aliphatic heterocycles. The van der Waals surface area contributed by atoms with Crippen LogP contribution < -0.4 is 10.6 Å². The van der Waals surface area contributed by atoms with Crippen molar-refractivity contribution < 1.29 is 23.5 Å². The lowest BCUT2D eigenvalue weighted by molar-refractivity contribution is -0.143. The SMILES string of the molecule is O=C(COC(=O)/C=C/c1nc2ccccc2o1)NCC(=O)Nc1ccccc1Br. The number of para-hydroxylation sites is 3. The first-order valence-corrected chi connectivity index (χ1v) is 9.32. The van der Waals surface area contributed by atoms with Crippen molar-refractivity contribution in [3.63, 3.8) is 0 Å². The minimum absolute atomic E-state index is 0.247. The Labute approximate surface area is 174 Å². The summed E-state index contributed by atoms with van der Waals surface area (Å²) in [6.45, 7) is -0.768. The number of esters is 1. The van der Waals surface area contributed by atoms with Crippen LogP contribution in [0, 0.1) is 0 Å². The van der Waals surface area contributed by atoms with Gasteiger partial charge in [-0.3, -0.25) is 9.59 Å². The largest absolute Gasteiger partial charge is 0.452 e. The number of fused-ring (bicyclic) bond motifs is 1. The maximum atomic E-state index is 11.9. The first kappa shape index (κ1) is 20.3. The van der Waals surface area contributed by atoms with Crippen LogP contribution in [-0.2, 0) is 19.1 Å². The topological polar surface area (TPSA) is 111 Å².